The summed E-state index contributed by atoms with van der Waals surface area (Å²) in [6.07, 6.45) is 4.29. The Balaban J connectivity index is 2.04. The highest BCUT2D eigenvalue weighted by atomic mass is 16.6. The summed E-state index contributed by atoms with van der Waals surface area (Å²) in [5.41, 5.74) is 0.448. The quantitative estimate of drug-likeness (QED) is 0.905. The van der Waals surface area contributed by atoms with Crippen molar-refractivity contribution in [1.29, 1.82) is 0 Å². The van der Waals surface area contributed by atoms with Crippen molar-refractivity contribution in [3.8, 4) is 0 Å². The molecule has 1 aromatic heterocycles. The highest BCUT2D eigenvalue weighted by Crippen LogP contribution is 2.30. The molecule has 1 fully saturated rings. The molecule has 1 saturated heterocycles. The summed E-state index contributed by atoms with van der Waals surface area (Å²) in [4.78, 5) is 29.6. The molecule has 1 aliphatic rings. The Morgan fingerprint density at radius 1 is 1.30 bits per heavy atom. The average Bonchev–Trinajstić information content (AvgIpc) is 2.46. The van der Waals surface area contributed by atoms with Gasteiger partial charge in [0.05, 0.1) is 6.04 Å². The molecule has 2 heterocycles. The monoisotopic (exact) mass is 319 g/mol. The Morgan fingerprint density at radius 2 is 2.04 bits per heavy atom. The van der Waals surface area contributed by atoms with Crippen LogP contribution in [0.5, 0.6) is 0 Å². The van der Waals surface area contributed by atoms with Crippen LogP contribution < -0.4 is 5.32 Å². The van der Waals surface area contributed by atoms with Gasteiger partial charge >= 0.3 is 6.09 Å². The lowest BCUT2D eigenvalue weighted by molar-refractivity contribution is -0.132. The van der Waals surface area contributed by atoms with Crippen LogP contribution in [0.3, 0.4) is 0 Å². The Kier molecular flexibility index (Phi) is 5.23. The van der Waals surface area contributed by atoms with Crippen LogP contribution in [0.4, 0.5) is 10.6 Å². The molecule has 126 valence electrons. The smallest absolute Gasteiger partial charge is 0.413 e. The zero-order chi connectivity index (χ0) is 17.0. The summed E-state index contributed by atoms with van der Waals surface area (Å²) >= 11 is 0. The third-order valence-electron chi connectivity index (χ3n) is 3.71. The molecule has 23 heavy (non-hydrogen) atoms. The number of carbonyl (C=O) groups is 2. The molecule has 0 bridgehead atoms. The van der Waals surface area contributed by atoms with Gasteiger partial charge < -0.3 is 9.64 Å². The lowest BCUT2D eigenvalue weighted by Gasteiger charge is -2.35. The predicted molar refractivity (Wildman–Crippen MR) is 88.1 cm³/mol. The van der Waals surface area contributed by atoms with E-state index in [1.807, 2.05) is 31.7 Å². The summed E-state index contributed by atoms with van der Waals surface area (Å²) in [5, 5.41) is 2.61. The van der Waals surface area contributed by atoms with Crippen LogP contribution in [-0.4, -0.2) is 34.0 Å². The summed E-state index contributed by atoms with van der Waals surface area (Å²) < 4.78 is 5.19. The van der Waals surface area contributed by atoms with Crippen molar-refractivity contribution in [2.24, 2.45) is 0 Å². The second kappa shape index (κ2) is 6.98. The normalized spacial score (nSPS) is 18.4. The van der Waals surface area contributed by atoms with E-state index >= 15 is 0 Å². The molecule has 6 nitrogen and oxygen atoms in total. The maximum atomic E-state index is 11.8. The fourth-order valence-corrected chi connectivity index (χ4v) is 2.74. The molecule has 2 amide bonds. The number of piperidine rings is 1. The number of anilines is 1. The van der Waals surface area contributed by atoms with Crippen molar-refractivity contribution in [3.05, 3.63) is 23.9 Å². The van der Waals surface area contributed by atoms with Crippen molar-refractivity contribution in [2.75, 3.05) is 11.9 Å². The number of pyridine rings is 1. The van der Waals surface area contributed by atoms with Gasteiger partial charge in [0.25, 0.3) is 0 Å². The standard InChI is InChI=1S/C17H25N3O3/c1-12(21)20-10-6-5-7-14(20)13-8-9-15(18-11-13)19-16(22)23-17(2,3)4/h8-9,11,14H,5-7,10H2,1-4H3,(H,18,19,22)/t14-/m0/s1. The summed E-state index contributed by atoms with van der Waals surface area (Å²) in [6, 6.07) is 3.72. The van der Waals surface area contributed by atoms with E-state index in [0.29, 0.717) is 5.82 Å². The molecule has 0 saturated carbocycles. The third-order valence-corrected chi connectivity index (χ3v) is 3.71. The molecule has 1 aromatic rings. The third kappa shape index (κ3) is 4.94. The predicted octanol–water partition coefficient (Wildman–Crippen LogP) is 3.50. The van der Waals surface area contributed by atoms with Gasteiger partial charge in [0.15, 0.2) is 0 Å². The van der Waals surface area contributed by atoms with Gasteiger partial charge in [-0.25, -0.2) is 9.78 Å². The summed E-state index contributed by atoms with van der Waals surface area (Å²) in [6.45, 7) is 7.82. The van der Waals surface area contributed by atoms with E-state index in [2.05, 4.69) is 10.3 Å². The molecule has 0 spiro atoms. The largest absolute Gasteiger partial charge is 0.444 e. The Labute approximate surface area is 137 Å². The maximum Gasteiger partial charge on any atom is 0.413 e. The number of hydrogen-bond acceptors (Lipinski definition) is 4. The minimum atomic E-state index is -0.548. The zero-order valence-corrected chi connectivity index (χ0v) is 14.3. The summed E-state index contributed by atoms with van der Waals surface area (Å²) in [5.74, 6) is 0.527. The number of nitrogens with one attached hydrogen (secondary N) is 1. The average molecular weight is 319 g/mol. The lowest BCUT2D eigenvalue weighted by atomic mass is 9.96. The topological polar surface area (TPSA) is 71.5 Å². The Bertz CT molecular complexity index is 563. The van der Waals surface area contributed by atoms with Crippen LogP contribution in [0.2, 0.25) is 0 Å². The first-order valence-electron chi connectivity index (χ1n) is 7.99. The number of amides is 2. The van der Waals surface area contributed by atoms with Gasteiger partial charge in [-0.05, 0) is 51.7 Å². The number of likely N-dealkylation sites (tertiary alicyclic amines) is 1. The second-order valence-electron chi connectivity index (χ2n) is 6.83. The minimum absolute atomic E-state index is 0.0735. The molecule has 0 aromatic carbocycles. The summed E-state index contributed by atoms with van der Waals surface area (Å²) in [7, 11) is 0. The van der Waals surface area contributed by atoms with Crippen LogP contribution in [0.1, 0.15) is 58.6 Å². The Hall–Kier alpha value is -2.11. The van der Waals surface area contributed by atoms with Gasteiger partial charge in [-0.1, -0.05) is 6.07 Å². The number of hydrogen-bond donors (Lipinski definition) is 1. The van der Waals surface area contributed by atoms with Crippen molar-refractivity contribution in [2.45, 2.75) is 58.6 Å². The molecule has 1 N–H and O–H groups in total. The van der Waals surface area contributed by atoms with E-state index in [0.717, 1.165) is 31.4 Å². The van der Waals surface area contributed by atoms with Gasteiger partial charge in [0.1, 0.15) is 11.4 Å². The van der Waals surface area contributed by atoms with E-state index in [4.69, 9.17) is 4.74 Å². The van der Waals surface area contributed by atoms with Crippen LogP contribution in [0.15, 0.2) is 18.3 Å². The molecule has 1 atom stereocenters. The van der Waals surface area contributed by atoms with E-state index in [-0.39, 0.29) is 11.9 Å². The Morgan fingerprint density at radius 3 is 2.61 bits per heavy atom. The molecule has 0 aliphatic carbocycles. The number of aromatic nitrogens is 1. The maximum absolute atomic E-state index is 11.8. The lowest BCUT2D eigenvalue weighted by Crippen LogP contribution is -2.37. The molecular weight excluding hydrogens is 294 g/mol. The number of ether oxygens (including phenoxy) is 1. The van der Waals surface area contributed by atoms with Gasteiger partial charge in [-0.15, -0.1) is 0 Å². The van der Waals surface area contributed by atoms with Gasteiger partial charge in [-0.2, -0.15) is 0 Å². The molecule has 6 heteroatoms. The first-order chi connectivity index (χ1) is 10.8. The zero-order valence-electron chi connectivity index (χ0n) is 14.3. The van der Waals surface area contributed by atoms with Crippen molar-refractivity contribution in [3.63, 3.8) is 0 Å². The van der Waals surface area contributed by atoms with E-state index < -0.39 is 11.7 Å². The van der Waals surface area contributed by atoms with Crippen molar-refractivity contribution in [1.82, 2.24) is 9.88 Å². The molecular formula is C17H25N3O3. The molecule has 2 rings (SSSR count). The second-order valence-corrected chi connectivity index (χ2v) is 6.83. The number of carbonyl (C=O) groups excluding carboxylic acids is 2. The minimum Gasteiger partial charge on any atom is -0.444 e. The molecule has 0 radical (unpaired) electrons. The molecule has 1 aliphatic heterocycles. The number of rotatable bonds is 2. The van der Waals surface area contributed by atoms with Crippen LogP contribution in [-0.2, 0) is 9.53 Å². The highest BCUT2D eigenvalue weighted by Gasteiger charge is 2.26. The fourth-order valence-electron chi connectivity index (χ4n) is 2.74. The van der Waals surface area contributed by atoms with E-state index in [9.17, 15) is 9.59 Å². The number of nitrogens with zero attached hydrogens (tertiary/aromatic N) is 2. The van der Waals surface area contributed by atoms with Crippen molar-refractivity contribution < 1.29 is 14.3 Å². The fraction of sp³-hybridized carbons (Fsp3) is 0.588. The van der Waals surface area contributed by atoms with Gasteiger partial charge in [0, 0.05) is 19.7 Å². The van der Waals surface area contributed by atoms with Crippen LogP contribution in [0, 0.1) is 0 Å². The highest BCUT2D eigenvalue weighted by molar-refractivity contribution is 5.83. The van der Waals surface area contributed by atoms with Gasteiger partial charge in [-0.3, -0.25) is 10.1 Å². The van der Waals surface area contributed by atoms with Crippen LogP contribution in [0.25, 0.3) is 0 Å². The van der Waals surface area contributed by atoms with Crippen molar-refractivity contribution >= 4 is 17.8 Å². The van der Waals surface area contributed by atoms with E-state index in [1.54, 1.807) is 19.2 Å². The van der Waals surface area contributed by atoms with Crippen LogP contribution >= 0.6 is 0 Å². The van der Waals surface area contributed by atoms with E-state index in [1.165, 1.54) is 0 Å². The van der Waals surface area contributed by atoms with Gasteiger partial charge in [0.2, 0.25) is 5.91 Å². The molecule has 0 unspecified atom stereocenters. The first-order valence-corrected chi connectivity index (χ1v) is 7.99. The SMILES string of the molecule is CC(=O)N1CCCC[C@H]1c1ccc(NC(=O)OC(C)(C)C)nc1. The first kappa shape index (κ1) is 17.2.